The van der Waals surface area contributed by atoms with Crippen molar-refractivity contribution in [3.63, 3.8) is 0 Å². The summed E-state index contributed by atoms with van der Waals surface area (Å²) in [4.78, 5) is 25.8. The van der Waals surface area contributed by atoms with Gasteiger partial charge in [-0.05, 0) is 68.6 Å². The van der Waals surface area contributed by atoms with Crippen LogP contribution < -0.4 is 5.11 Å². The summed E-state index contributed by atoms with van der Waals surface area (Å²) in [7, 11) is -6.04. The Morgan fingerprint density at radius 1 is 1.06 bits per heavy atom. The third-order valence-corrected chi connectivity index (χ3v) is 10.1. The molecule has 6 saturated carbocycles. The Morgan fingerprint density at radius 2 is 1.64 bits per heavy atom. The van der Waals surface area contributed by atoms with E-state index >= 15 is 0 Å². The van der Waals surface area contributed by atoms with Gasteiger partial charge in [0.05, 0.1) is 11.3 Å². The van der Waals surface area contributed by atoms with E-state index in [9.17, 15) is 36.3 Å². The minimum absolute atomic E-state index is 0.234. The maximum absolute atomic E-state index is 13.4. The second-order valence-corrected chi connectivity index (χ2v) is 12.5. The molecule has 0 radical (unpaired) electrons. The smallest absolute Gasteiger partial charge is 0.518 e. The van der Waals surface area contributed by atoms with Gasteiger partial charge in [-0.15, -0.1) is 0 Å². The Kier molecular flexibility index (Phi) is 4.35. The number of halogens is 3. The molecule has 6 bridgehead atoms. The topological polar surface area (TPSA) is 122 Å². The van der Waals surface area contributed by atoms with E-state index in [1.54, 1.807) is 0 Å². The third kappa shape index (κ3) is 3.01. The quantitative estimate of drug-likeness (QED) is 0.333. The highest BCUT2D eigenvalue weighted by molar-refractivity contribution is 7.91. The monoisotopic (exact) mass is 490 g/mol. The zero-order valence-electron chi connectivity index (χ0n) is 17.5. The van der Waals surface area contributed by atoms with E-state index in [1.165, 1.54) is 0 Å². The number of esters is 2. The van der Waals surface area contributed by atoms with Gasteiger partial charge in [0.15, 0.2) is 0 Å². The van der Waals surface area contributed by atoms with E-state index in [1.807, 2.05) is 0 Å². The van der Waals surface area contributed by atoms with E-state index < -0.39 is 68.7 Å². The largest absolute Gasteiger partial charge is 0.861 e. The summed E-state index contributed by atoms with van der Waals surface area (Å²) in [5.41, 5.74) is -6.31. The van der Waals surface area contributed by atoms with Crippen LogP contribution in [0.15, 0.2) is 4.40 Å². The fraction of sp³-hybridized carbons (Fsp3) is 0.857. The number of carbonyl (C=O) groups is 2. The van der Waals surface area contributed by atoms with E-state index in [0.29, 0.717) is 17.8 Å². The highest BCUT2D eigenvalue weighted by Crippen LogP contribution is 2.62. The first kappa shape index (κ1) is 21.7. The van der Waals surface area contributed by atoms with E-state index in [-0.39, 0.29) is 12.4 Å². The van der Waals surface area contributed by atoms with Crippen molar-refractivity contribution in [2.24, 2.45) is 51.2 Å². The summed E-state index contributed by atoms with van der Waals surface area (Å²) in [6.07, 6.45) is 4.09. The number of carbonyl (C=O) groups excluding carboxylic acids is 2. The van der Waals surface area contributed by atoms with Gasteiger partial charge in [0, 0.05) is 17.8 Å². The Balaban J connectivity index is 1.27. The zero-order valence-corrected chi connectivity index (χ0v) is 18.3. The van der Waals surface area contributed by atoms with Gasteiger partial charge in [0.2, 0.25) is 0 Å². The van der Waals surface area contributed by atoms with Gasteiger partial charge < -0.3 is 14.6 Å². The fourth-order valence-electron chi connectivity index (χ4n) is 8.32. The van der Waals surface area contributed by atoms with Crippen LogP contribution in [0.1, 0.15) is 44.9 Å². The summed E-state index contributed by atoms with van der Waals surface area (Å²) < 4.78 is 74.8. The Labute approximate surface area is 188 Å². The van der Waals surface area contributed by atoms with Gasteiger partial charge in [-0.3, -0.25) is 9.59 Å². The molecule has 0 N–H and O–H groups in total. The van der Waals surface area contributed by atoms with Crippen molar-refractivity contribution in [2.75, 3.05) is 0 Å². The molecule has 0 aromatic heterocycles. The lowest BCUT2D eigenvalue weighted by atomic mass is 9.49. The van der Waals surface area contributed by atoms with Crippen LogP contribution in [-0.4, -0.2) is 44.0 Å². The lowest BCUT2D eigenvalue weighted by Gasteiger charge is -2.55. The van der Waals surface area contributed by atoms with Crippen LogP contribution in [0.2, 0.25) is 0 Å². The van der Waals surface area contributed by atoms with Crippen molar-refractivity contribution in [1.82, 2.24) is 0 Å². The highest BCUT2D eigenvalue weighted by Gasteiger charge is 2.69. The first-order valence-electron chi connectivity index (χ1n) is 11.4. The molecule has 1 saturated heterocycles. The van der Waals surface area contributed by atoms with Crippen molar-refractivity contribution in [3.05, 3.63) is 0 Å². The van der Waals surface area contributed by atoms with Crippen molar-refractivity contribution < 1.29 is 45.8 Å². The highest BCUT2D eigenvalue weighted by atomic mass is 32.2. The van der Waals surface area contributed by atoms with Gasteiger partial charge in [0.1, 0.15) is 12.2 Å². The summed E-state index contributed by atoms with van der Waals surface area (Å²) in [6, 6.07) is 0. The normalized spacial score (nSPS) is 47.8. The molecule has 0 spiro atoms. The fourth-order valence-corrected chi connectivity index (χ4v) is 8.79. The standard InChI is InChI=1S/C21H24F3NO7S/c22-21(23,24)33(29,30)25-17(26)13-11-4-12-14(13)18(27)31-15(12)16(11)32-19(28)20-5-8-1-9(6-20)3-10(2-8)7-20/h8-16H,1-7H2,(H,25,26)/p-1. The minimum Gasteiger partial charge on any atom is -0.861 e. The molecular weight excluding hydrogens is 467 g/mol. The molecule has 1 heterocycles. The lowest BCUT2D eigenvalue weighted by Crippen LogP contribution is -2.53. The predicted octanol–water partition coefficient (Wildman–Crippen LogP) is 1.53. The summed E-state index contributed by atoms with van der Waals surface area (Å²) in [5, 5.41) is 12.6. The van der Waals surface area contributed by atoms with Gasteiger partial charge in [-0.25, -0.2) is 0 Å². The Bertz CT molecular complexity index is 1020. The second-order valence-electron chi connectivity index (χ2n) is 10.9. The van der Waals surface area contributed by atoms with Crippen molar-refractivity contribution in [1.29, 1.82) is 0 Å². The van der Waals surface area contributed by atoms with Gasteiger partial charge >= 0.3 is 27.5 Å². The third-order valence-electron chi connectivity index (χ3n) is 9.05. The zero-order chi connectivity index (χ0) is 23.5. The molecule has 33 heavy (non-hydrogen) atoms. The number of fused-ring (bicyclic) bond motifs is 1. The predicted molar refractivity (Wildman–Crippen MR) is 101 cm³/mol. The van der Waals surface area contributed by atoms with E-state index in [2.05, 4.69) is 4.40 Å². The SMILES string of the molecule is O=C1OC2C3CC(C2OC(=O)C24CC5CC(CC(C5)C2)C4)C(/C([O-])=N/S(=O)(=O)C(F)(F)F)C13. The molecule has 7 aliphatic rings. The molecule has 6 unspecified atom stereocenters. The van der Waals surface area contributed by atoms with Crippen LogP contribution in [-0.2, 0) is 29.1 Å². The molecule has 182 valence electrons. The van der Waals surface area contributed by atoms with Crippen LogP contribution >= 0.6 is 0 Å². The maximum Gasteiger partial charge on any atom is 0.518 e. The van der Waals surface area contributed by atoms with Gasteiger partial charge in [-0.2, -0.15) is 26.0 Å². The lowest BCUT2D eigenvalue weighted by molar-refractivity contribution is -0.229. The number of rotatable bonds is 4. The van der Waals surface area contributed by atoms with Crippen LogP contribution in [0.5, 0.6) is 0 Å². The van der Waals surface area contributed by atoms with Crippen molar-refractivity contribution >= 4 is 27.9 Å². The van der Waals surface area contributed by atoms with Crippen molar-refractivity contribution in [2.45, 2.75) is 62.7 Å². The van der Waals surface area contributed by atoms with Crippen LogP contribution in [0.4, 0.5) is 13.2 Å². The molecule has 0 amide bonds. The summed E-state index contributed by atoms with van der Waals surface area (Å²) in [5.74, 6) is -5.01. The Hall–Kier alpha value is -1.85. The molecule has 6 atom stereocenters. The maximum atomic E-state index is 13.4. The summed E-state index contributed by atoms with van der Waals surface area (Å²) in [6.45, 7) is 0. The molecule has 6 aliphatic carbocycles. The summed E-state index contributed by atoms with van der Waals surface area (Å²) >= 11 is 0. The molecular formula is C21H23F3NO7S-. The Morgan fingerprint density at radius 3 is 2.18 bits per heavy atom. The van der Waals surface area contributed by atoms with Gasteiger partial charge in [0.25, 0.3) is 0 Å². The second kappa shape index (κ2) is 6.63. The van der Waals surface area contributed by atoms with Crippen LogP contribution in [0, 0.1) is 46.8 Å². The van der Waals surface area contributed by atoms with Crippen molar-refractivity contribution in [3.8, 4) is 0 Å². The first-order valence-corrected chi connectivity index (χ1v) is 12.8. The molecule has 0 aromatic rings. The van der Waals surface area contributed by atoms with Crippen LogP contribution in [0.3, 0.4) is 0 Å². The van der Waals surface area contributed by atoms with Gasteiger partial charge in [-0.1, -0.05) is 0 Å². The number of hydrogen-bond donors (Lipinski definition) is 0. The van der Waals surface area contributed by atoms with Crippen LogP contribution in [0.25, 0.3) is 0 Å². The number of alkyl halides is 3. The molecule has 1 aliphatic heterocycles. The molecule has 12 heteroatoms. The average molecular weight is 490 g/mol. The minimum atomic E-state index is -6.04. The number of sulfonamides is 1. The van der Waals surface area contributed by atoms with E-state index in [4.69, 9.17) is 9.47 Å². The molecule has 8 nitrogen and oxygen atoms in total. The average Bonchev–Trinajstić information content (AvgIpc) is 3.29. The number of ether oxygens (including phenoxy) is 2. The molecule has 0 aromatic carbocycles. The molecule has 7 rings (SSSR count). The first-order chi connectivity index (χ1) is 15.4. The number of hydrogen-bond acceptors (Lipinski definition) is 7. The van der Waals surface area contributed by atoms with E-state index in [0.717, 1.165) is 38.5 Å². The number of nitrogens with zero attached hydrogens (tertiary/aromatic N) is 1. The molecule has 7 fully saturated rings.